The molecule has 0 bridgehead atoms. The average Bonchev–Trinajstić information content (AvgIpc) is 2.55. The lowest BCUT2D eigenvalue weighted by Crippen LogP contribution is -2.36. The van der Waals surface area contributed by atoms with E-state index in [0.29, 0.717) is 18.8 Å². The molecule has 1 aliphatic heterocycles. The predicted octanol–water partition coefficient (Wildman–Crippen LogP) is 2.17. The van der Waals surface area contributed by atoms with E-state index in [0.717, 1.165) is 24.8 Å². The van der Waals surface area contributed by atoms with Crippen LogP contribution in [0, 0.1) is 0 Å². The standard InChI is InChI=1S/C17H17NO4/c19-14-5-6-15(16(20)11-14)17(21)12-1-3-13(4-2-12)18-7-9-22-10-8-18/h1-6,11,19-20H,7-10H2. The summed E-state index contributed by atoms with van der Waals surface area (Å²) in [4.78, 5) is 14.6. The van der Waals surface area contributed by atoms with Crippen molar-refractivity contribution < 1.29 is 19.7 Å². The van der Waals surface area contributed by atoms with E-state index in [-0.39, 0.29) is 22.8 Å². The van der Waals surface area contributed by atoms with Gasteiger partial charge < -0.3 is 19.8 Å². The Morgan fingerprint density at radius 2 is 1.68 bits per heavy atom. The molecule has 1 fully saturated rings. The molecule has 0 amide bonds. The van der Waals surface area contributed by atoms with E-state index in [1.54, 1.807) is 12.1 Å². The van der Waals surface area contributed by atoms with Gasteiger partial charge in [0, 0.05) is 30.4 Å². The molecule has 5 heteroatoms. The molecule has 2 aromatic carbocycles. The molecule has 1 heterocycles. The monoisotopic (exact) mass is 299 g/mol. The number of phenolic OH excluding ortho intramolecular Hbond substituents is 2. The highest BCUT2D eigenvalue weighted by Crippen LogP contribution is 2.26. The van der Waals surface area contributed by atoms with E-state index in [1.165, 1.54) is 12.1 Å². The normalized spacial score (nSPS) is 14.8. The molecule has 2 N–H and O–H groups in total. The van der Waals surface area contributed by atoms with Gasteiger partial charge in [0.2, 0.25) is 0 Å². The minimum atomic E-state index is -0.272. The lowest BCUT2D eigenvalue weighted by Gasteiger charge is -2.28. The first-order chi connectivity index (χ1) is 10.6. The molecular weight excluding hydrogens is 282 g/mol. The zero-order chi connectivity index (χ0) is 15.5. The third-order valence-corrected chi connectivity index (χ3v) is 3.73. The number of ether oxygens (including phenoxy) is 1. The van der Waals surface area contributed by atoms with Crippen molar-refractivity contribution in [2.45, 2.75) is 0 Å². The molecule has 0 radical (unpaired) electrons. The first kappa shape index (κ1) is 14.4. The molecule has 0 aromatic heterocycles. The van der Waals surface area contributed by atoms with Crippen LogP contribution in [0.5, 0.6) is 11.5 Å². The van der Waals surface area contributed by atoms with Gasteiger partial charge in [-0.3, -0.25) is 4.79 Å². The summed E-state index contributed by atoms with van der Waals surface area (Å²) in [6, 6.07) is 11.3. The molecule has 1 aliphatic rings. The molecule has 5 nitrogen and oxygen atoms in total. The second kappa shape index (κ2) is 6.07. The molecule has 0 unspecified atom stereocenters. The SMILES string of the molecule is O=C(c1ccc(N2CCOCC2)cc1)c1ccc(O)cc1O. The second-order valence-electron chi connectivity index (χ2n) is 5.18. The number of carbonyl (C=O) groups excluding carboxylic acids is 1. The summed E-state index contributed by atoms with van der Waals surface area (Å²) in [5.41, 5.74) is 1.73. The maximum absolute atomic E-state index is 12.4. The number of phenols is 2. The van der Waals surface area contributed by atoms with Crippen LogP contribution in [0.4, 0.5) is 5.69 Å². The maximum Gasteiger partial charge on any atom is 0.196 e. The van der Waals surface area contributed by atoms with Crippen molar-refractivity contribution in [3.05, 3.63) is 53.6 Å². The molecular formula is C17H17NO4. The van der Waals surface area contributed by atoms with Crippen molar-refractivity contribution in [3.63, 3.8) is 0 Å². The fourth-order valence-corrected chi connectivity index (χ4v) is 2.51. The van der Waals surface area contributed by atoms with Gasteiger partial charge in [-0.1, -0.05) is 0 Å². The van der Waals surface area contributed by atoms with Gasteiger partial charge in [0.05, 0.1) is 18.8 Å². The zero-order valence-electron chi connectivity index (χ0n) is 12.0. The lowest BCUT2D eigenvalue weighted by atomic mass is 10.0. The number of hydrogen-bond acceptors (Lipinski definition) is 5. The molecule has 0 atom stereocenters. The van der Waals surface area contributed by atoms with Crippen molar-refractivity contribution >= 4 is 11.5 Å². The van der Waals surface area contributed by atoms with Gasteiger partial charge in [-0.15, -0.1) is 0 Å². The van der Waals surface area contributed by atoms with Crippen LogP contribution in [0.15, 0.2) is 42.5 Å². The molecule has 3 rings (SSSR count). The molecule has 2 aromatic rings. The summed E-state index contributed by atoms with van der Waals surface area (Å²) in [7, 11) is 0. The largest absolute Gasteiger partial charge is 0.508 e. The van der Waals surface area contributed by atoms with E-state index < -0.39 is 0 Å². The summed E-state index contributed by atoms with van der Waals surface area (Å²) >= 11 is 0. The smallest absolute Gasteiger partial charge is 0.196 e. The summed E-state index contributed by atoms with van der Waals surface area (Å²) in [5.74, 6) is -0.565. The fourth-order valence-electron chi connectivity index (χ4n) is 2.51. The van der Waals surface area contributed by atoms with Crippen LogP contribution in [-0.4, -0.2) is 42.3 Å². The van der Waals surface area contributed by atoms with E-state index in [2.05, 4.69) is 4.90 Å². The maximum atomic E-state index is 12.4. The number of rotatable bonds is 3. The zero-order valence-corrected chi connectivity index (χ0v) is 12.0. The quantitative estimate of drug-likeness (QED) is 0.850. The number of ketones is 1. The number of carbonyl (C=O) groups is 1. The molecule has 1 saturated heterocycles. The molecule has 0 saturated carbocycles. The highest BCUT2D eigenvalue weighted by atomic mass is 16.5. The highest BCUT2D eigenvalue weighted by Gasteiger charge is 2.15. The van der Waals surface area contributed by atoms with Crippen molar-refractivity contribution in [2.75, 3.05) is 31.2 Å². The number of hydrogen-bond donors (Lipinski definition) is 2. The van der Waals surface area contributed by atoms with Crippen LogP contribution in [0.25, 0.3) is 0 Å². The van der Waals surface area contributed by atoms with E-state index in [9.17, 15) is 15.0 Å². The Hall–Kier alpha value is -2.53. The number of anilines is 1. The molecule has 0 spiro atoms. The molecule has 0 aliphatic carbocycles. The summed E-state index contributed by atoms with van der Waals surface area (Å²) in [6.45, 7) is 3.10. The molecule has 114 valence electrons. The van der Waals surface area contributed by atoms with Gasteiger partial charge in [-0.25, -0.2) is 0 Å². The number of nitrogens with zero attached hydrogens (tertiary/aromatic N) is 1. The van der Waals surface area contributed by atoms with Gasteiger partial charge in [-0.05, 0) is 36.4 Å². The Balaban J connectivity index is 1.81. The lowest BCUT2D eigenvalue weighted by molar-refractivity contribution is 0.103. The van der Waals surface area contributed by atoms with Crippen LogP contribution in [0.2, 0.25) is 0 Å². The van der Waals surface area contributed by atoms with Crippen LogP contribution < -0.4 is 4.90 Å². The Kier molecular flexibility index (Phi) is 3.98. The highest BCUT2D eigenvalue weighted by molar-refractivity contribution is 6.10. The van der Waals surface area contributed by atoms with E-state index in [4.69, 9.17) is 4.74 Å². The van der Waals surface area contributed by atoms with Crippen molar-refractivity contribution in [1.29, 1.82) is 0 Å². The molecule has 22 heavy (non-hydrogen) atoms. The van der Waals surface area contributed by atoms with Gasteiger partial charge in [0.1, 0.15) is 11.5 Å². The van der Waals surface area contributed by atoms with Gasteiger partial charge in [-0.2, -0.15) is 0 Å². The number of morpholine rings is 1. The topological polar surface area (TPSA) is 70.0 Å². The van der Waals surface area contributed by atoms with Crippen molar-refractivity contribution in [1.82, 2.24) is 0 Å². The second-order valence-corrected chi connectivity index (χ2v) is 5.18. The van der Waals surface area contributed by atoms with Gasteiger partial charge in [0.25, 0.3) is 0 Å². The van der Waals surface area contributed by atoms with Crippen molar-refractivity contribution in [3.8, 4) is 11.5 Å². The minimum absolute atomic E-state index is 0.0725. The van der Waals surface area contributed by atoms with Gasteiger partial charge in [0.15, 0.2) is 5.78 Å². The van der Waals surface area contributed by atoms with Crippen LogP contribution in [0.3, 0.4) is 0 Å². The van der Waals surface area contributed by atoms with Crippen LogP contribution >= 0.6 is 0 Å². The first-order valence-electron chi connectivity index (χ1n) is 7.14. The summed E-state index contributed by atoms with van der Waals surface area (Å²) in [6.07, 6.45) is 0. The van der Waals surface area contributed by atoms with E-state index in [1.807, 2.05) is 12.1 Å². The van der Waals surface area contributed by atoms with Crippen LogP contribution in [-0.2, 0) is 4.74 Å². The summed E-state index contributed by atoms with van der Waals surface area (Å²) < 4.78 is 5.32. The number of benzene rings is 2. The Bertz CT molecular complexity index is 676. The summed E-state index contributed by atoms with van der Waals surface area (Å²) in [5, 5.41) is 19.1. The Morgan fingerprint density at radius 1 is 1.00 bits per heavy atom. The van der Waals surface area contributed by atoms with Crippen LogP contribution in [0.1, 0.15) is 15.9 Å². The third-order valence-electron chi connectivity index (χ3n) is 3.73. The average molecular weight is 299 g/mol. The Morgan fingerprint density at radius 3 is 2.32 bits per heavy atom. The van der Waals surface area contributed by atoms with Gasteiger partial charge >= 0.3 is 0 Å². The fraction of sp³-hybridized carbons (Fsp3) is 0.235. The minimum Gasteiger partial charge on any atom is -0.508 e. The first-order valence-corrected chi connectivity index (χ1v) is 7.14. The third kappa shape index (κ3) is 2.89. The number of aromatic hydroxyl groups is 2. The Labute approximate surface area is 128 Å². The predicted molar refractivity (Wildman–Crippen MR) is 82.7 cm³/mol. The van der Waals surface area contributed by atoms with Crippen molar-refractivity contribution in [2.24, 2.45) is 0 Å². The van der Waals surface area contributed by atoms with E-state index >= 15 is 0 Å².